The highest BCUT2D eigenvalue weighted by atomic mass is 16.4. The average Bonchev–Trinajstić information content (AvgIpc) is 2.26. The average molecular weight is 234 g/mol. The van der Waals surface area contributed by atoms with Gasteiger partial charge in [0, 0.05) is 10.8 Å². The minimum absolute atomic E-state index is 0.192. The van der Waals surface area contributed by atoms with E-state index < -0.39 is 28.8 Å². The van der Waals surface area contributed by atoms with Gasteiger partial charge in [-0.2, -0.15) is 0 Å². The van der Waals surface area contributed by atoms with Crippen molar-refractivity contribution in [1.82, 2.24) is 0 Å². The summed E-state index contributed by atoms with van der Waals surface area (Å²) in [5.74, 6) is -3.42. The van der Waals surface area contributed by atoms with E-state index >= 15 is 0 Å². The minimum atomic E-state index is -1.50. The van der Waals surface area contributed by atoms with Gasteiger partial charge in [0.2, 0.25) is 0 Å². The maximum absolute atomic E-state index is 10.9. The first-order valence-corrected chi connectivity index (χ1v) is 4.84. The molecule has 5 heteroatoms. The van der Waals surface area contributed by atoms with Crippen molar-refractivity contribution in [3.63, 3.8) is 0 Å². The third kappa shape index (κ3) is 1.52. The molecule has 4 N–H and O–H groups in total. The van der Waals surface area contributed by atoms with Gasteiger partial charge in [0.1, 0.15) is 11.3 Å². The summed E-state index contributed by atoms with van der Waals surface area (Å²) in [6.07, 6.45) is 0. The zero-order chi connectivity index (χ0) is 12.7. The van der Waals surface area contributed by atoms with Crippen LogP contribution in [0.5, 0.6) is 17.2 Å². The number of aryl methyl sites for hydroxylation is 1. The quantitative estimate of drug-likeness (QED) is 0.446. The molecule has 0 radical (unpaired) electrons. The van der Waals surface area contributed by atoms with Crippen LogP contribution in [0.15, 0.2) is 18.2 Å². The number of phenols is 3. The van der Waals surface area contributed by atoms with Crippen LogP contribution < -0.4 is 0 Å². The summed E-state index contributed by atoms with van der Waals surface area (Å²) < 4.78 is 0. The topological polar surface area (TPSA) is 98.0 Å². The standard InChI is InChI=1S/C12H10O5/c1-5-2-3-6-7(4-5)9(13)8(12(16)17)11(15)10(6)14/h2-4,13-15H,1H3,(H,16,17). The van der Waals surface area contributed by atoms with Crippen LogP contribution >= 0.6 is 0 Å². The SMILES string of the molecule is Cc1ccc2c(O)c(O)c(C(=O)O)c(O)c2c1. The molecule has 88 valence electrons. The molecule has 0 atom stereocenters. The molecule has 0 heterocycles. The molecule has 0 aliphatic heterocycles. The van der Waals surface area contributed by atoms with Gasteiger partial charge in [0.25, 0.3) is 0 Å². The second-order valence-corrected chi connectivity index (χ2v) is 3.78. The van der Waals surface area contributed by atoms with Crippen LogP contribution in [0.4, 0.5) is 0 Å². The molecular formula is C12H10O5. The van der Waals surface area contributed by atoms with Gasteiger partial charge >= 0.3 is 5.97 Å². The molecular weight excluding hydrogens is 224 g/mol. The number of hydrogen-bond acceptors (Lipinski definition) is 4. The Hall–Kier alpha value is -2.43. The Balaban J connectivity index is 3.00. The molecule has 0 unspecified atom stereocenters. The zero-order valence-corrected chi connectivity index (χ0v) is 8.93. The van der Waals surface area contributed by atoms with Crippen molar-refractivity contribution >= 4 is 16.7 Å². The van der Waals surface area contributed by atoms with E-state index in [1.165, 1.54) is 12.1 Å². The highest BCUT2D eigenvalue weighted by molar-refractivity contribution is 6.06. The number of aromatic hydroxyl groups is 3. The smallest absolute Gasteiger partial charge is 0.343 e. The second kappa shape index (κ2) is 3.55. The summed E-state index contributed by atoms with van der Waals surface area (Å²) in [5, 5.41) is 38.3. The first-order valence-electron chi connectivity index (χ1n) is 4.84. The molecule has 5 nitrogen and oxygen atoms in total. The number of carbonyl (C=O) groups is 1. The van der Waals surface area contributed by atoms with Crippen LogP contribution in [0.1, 0.15) is 15.9 Å². The first-order chi connectivity index (χ1) is 7.93. The van der Waals surface area contributed by atoms with Gasteiger partial charge in [-0.15, -0.1) is 0 Å². The van der Waals surface area contributed by atoms with Crippen molar-refractivity contribution in [3.05, 3.63) is 29.3 Å². The first kappa shape index (κ1) is 11.1. The normalized spacial score (nSPS) is 10.6. The number of rotatable bonds is 1. The Kier molecular flexibility index (Phi) is 2.31. The lowest BCUT2D eigenvalue weighted by Gasteiger charge is -2.10. The fourth-order valence-corrected chi connectivity index (χ4v) is 1.76. The Bertz CT molecular complexity index is 631. The summed E-state index contributed by atoms with van der Waals surface area (Å²) in [4.78, 5) is 10.9. The molecule has 0 amide bonds. The summed E-state index contributed by atoms with van der Waals surface area (Å²) >= 11 is 0. The van der Waals surface area contributed by atoms with E-state index in [4.69, 9.17) is 5.11 Å². The van der Waals surface area contributed by atoms with Crippen molar-refractivity contribution in [3.8, 4) is 17.2 Å². The van der Waals surface area contributed by atoms with Crippen molar-refractivity contribution in [2.45, 2.75) is 6.92 Å². The van der Waals surface area contributed by atoms with E-state index in [9.17, 15) is 20.1 Å². The summed E-state index contributed by atoms with van der Waals surface area (Å²) in [6, 6.07) is 4.72. The van der Waals surface area contributed by atoms with Gasteiger partial charge in [-0.05, 0) is 13.0 Å². The van der Waals surface area contributed by atoms with Crippen LogP contribution in [-0.4, -0.2) is 26.4 Å². The van der Waals surface area contributed by atoms with Crippen LogP contribution in [0.25, 0.3) is 10.8 Å². The molecule has 2 rings (SSSR count). The third-order valence-corrected chi connectivity index (χ3v) is 2.60. The Labute approximate surface area is 96.2 Å². The number of carboxylic acid groups (broad SMARTS) is 1. The fourth-order valence-electron chi connectivity index (χ4n) is 1.76. The maximum atomic E-state index is 10.9. The number of phenolic OH excluding ortho intramolecular Hbond substituents is 1. The largest absolute Gasteiger partial charge is 0.506 e. The van der Waals surface area contributed by atoms with E-state index in [-0.39, 0.29) is 10.8 Å². The molecule has 0 aliphatic carbocycles. The number of hydrogen-bond donors (Lipinski definition) is 4. The Morgan fingerprint density at radius 3 is 2.24 bits per heavy atom. The molecule has 17 heavy (non-hydrogen) atoms. The van der Waals surface area contributed by atoms with Crippen molar-refractivity contribution in [1.29, 1.82) is 0 Å². The van der Waals surface area contributed by atoms with Crippen LogP contribution in [0, 0.1) is 6.92 Å². The van der Waals surface area contributed by atoms with Gasteiger partial charge < -0.3 is 20.4 Å². The predicted molar refractivity (Wildman–Crippen MR) is 60.6 cm³/mol. The Morgan fingerprint density at radius 1 is 1.00 bits per heavy atom. The van der Waals surface area contributed by atoms with Gasteiger partial charge in [-0.25, -0.2) is 4.79 Å². The lowest BCUT2D eigenvalue weighted by atomic mass is 10.0. The molecule has 2 aromatic rings. The molecule has 2 aromatic carbocycles. The minimum Gasteiger partial charge on any atom is -0.506 e. The monoisotopic (exact) mass is 234 g/mol. The van der Waals surface area contributed by atoms with E-state index in [1.54, 1.807) is 13.0 Å². The summed E-state index contributed by atoms with van der Waals surface area (Å²) in [7, 11) is 0. The van der Waals surface area contributed by atoms with E-state index in [2.05, 4.69) is 0 Å². The molecule has 0 bridgehead atoms. The lowest BCUT2D eigenvalue weighted by molar-refractivity contribution is 0.0690. The third-order valence-electron chi connectivity index (χ3n) is 2.60. The highest BCUT2D eigenvalue weighted by Crippen LogP contribution is 2.43. The van der Waals surface area contributed by atoms with Gasteiger partial charge in [-0.1, -0.05) is 17.7 Å². The number of benzene rings is 2. The number of aromatic carboxylic acids is 1. The number of fused-ring (bicyclic) bond motifs is 1. The molecule has 0 spiro atoms. The Morgan fingerprint density at radius 2 is 1.65 bits per heavy atom. The van der Waals surface area contributed by atoms with Crippen molar-refractivity contribution < 1.29 is 25.2 Å². The molecule has 0 saturated carbocycles. The molecule has 0 aromatic heterocycles. The number of carboxylic acids is 1. The van der Waals surface area contributed by atoms with Crippen LogP contribution in [-0.2, 0) is 0 Å². The predicted octanol–water partition coefficient (Wildman–Crippen LogP) is 1.96. The fraction of sp³-hybridized carbons (Fsp3) is 0.0833. The molecule has 0 saturated heterocycles. The van der Waals surface area contributed by atoms with Gasteiger partial charge in [-0.3, -0.25) is 0 Å². The van der Waals surface area contributed by atoms with Gasteiger partial charge in [0.15, 0.2) is 11.5 Å². The van der Waals surface area contributed by atoms with E-state index in [1.807, 2.05) is 0 Å². The van der Waals surface area contributed by atoms with Crippen LogP contribution in [0.2, 0.25) is 0 Å². The molecule has 0 aliphatic rings. The maximum Gasteiger partial charge on any atom is 0.343 e. The lowest BCUT2D eigenvalue weighted by Crippen LogP contribution is -1.98. The summed E-state index contributed by atoms with van der Waals surface area (Å²) in [5.41, 5.74) is 0.106. The van der Waals surface area contributed by atoms with Crippen molar-refractivity contribution in [2.75, 3.05) is 0 Å². The molecule has 0 fully saturated rings. The van der Waals surface area contributed by atoms with Crippen LogP contribution in [0.3, 0.4) is 0 Å². The second-order valence-electron chi connectivity index (χ2n) is 3.78. The van der Waals surface area contributed by atoms with E-state index in [0.717, 1.165) is 5.56 Å². The zero-order valence-electron chi connectivity index (χ0n) is 8.93. The van der Waals surface area contributed by atoms with Gasteiger partial charge in [0.05, 0.1) is 0 Å². The summed E-state index contributed by atoms with van der Waals surface area (Å²) in [6.45, 7) is 1.77. The highest BCUT2D eigenvalue weighted by Gasteiger charge is 2.23. The van der Waals surface area contributed by atoms with E-state index in [0.29, 0.717) is 0 Å². The van der Waals surface area contributed by atoms with Crippen molar-refractivity contribution in [2.24, 2.45) is 0 Å².